The van der Waals surface area contributed by atoms with Crippen LogP contribution in [-0.4, -0.2) is 51.5 Å². The van der Waals surface area contributed by atoms with Crippen LogP contribution in [-0.2, 0) is 0 Å². The summed E-state index contributed by atoms with van der Waals surface area (Å²) < 4.78 is 0.857. The van der Waals surface area contributed by atoms with E-state index in [2.05, 4.69) is 36.2 Å². The Bertz CT molecular complexity index is 850. The predicted molar refractivity (Wildman–Crippen MR) is 101 cm³/mol. The number of anilines is 3. The lowest BCUT2D eigenvalue weighted by Crippen LogP contribution is -2.30. The van der Waals surface area contributed by atoms with Crippen LogP contribution < -0.4 is 10.2 Å². The number of hydrogen-bond acceptors (Lipinski definition) is 7. The third kappa shape index (κ3) is 3.87. The molecule has 3 aromatic rings. The fourth-order valence-electron chi connectivity index (χ4n) is 2.64. The zero-order valence-electron chi connectivity index (χ0n) is 13.4. The molecule has 0 saturated heterocycles. The van der Waals surface area contributed by atoms with Crippen molar-refractivity contribution in [2.45, 2.75) is 0 Å². The minimum Gasteiger partial charge on any atom is -0.395 e. The summed E-state index contributed by atoms with van der Waals surface area (Å²) >= 11 is 3.56. The highest BCUT2D eigenvalue weighted by molar-refractivity contribution is 9.10. The smallest absolute Gasteiger partial charge is 0.143 e. The second-order valence-electron chi connectivity index (χ2n) is 5.31. The molecule has 0 radical (unpaired) electrons. The molecule has 0 unspecified atom stereocenters. The largest absolute Gasteiger partial charge is 0.395 e. The molecule has 0 bridgehead atoms. The van der Waals surface area contributed by atoms with Crippen molar-refractivity contribution in [3.05, 3.63) is 47.5 Å². The van der Waals surface area contributed by atoms with E-state index in [1.807, 2.05) is 29.2 Å². The van der Waals surface area contributed by atoms with E-state index >= 15 is 0 Å². The molecule has 8 heteroatoms. The number of hydrogen-bond donors (Lipinski definition) is 3. The van der Waals surface area contributed by atoms with Crippen LogP contribution in [0.3, 0.4) is 0 Å². The first-order valence-corrected chi connectivity index (χ1v) is 8.61. The molecule has 0 aliphatic rings. The van der Waals surface area contributed by atoms with E-state index in [1.54, 1.807) is 12.4 Å². The zero-order valence-corrected chi connectivity index (χ0v) is 15.0. The Morgan fingerprint density at radius 1 is 1.08 bits per heavy atom. The van der Waals surface area contributed by atoms with Crippen molar-refractivity contribution < 1.29 is 10.2 Å². The van der Waals surface area contributed by atoms with Crippen LogP contribution in [0.5, 0.6) is 0 Å². The summed E-state index contributed by atoms with van der Waals surface area (Å²) in [7, 11) is 0. The van der Waals surface area contributed by atoms with Crippen LogP contribution in [0, 0.1) is 0 Å². The number of fused-ring (bicyclic) bond motifs is 1. The molecule has 0 amide bonds. The third-order valence-corrected chi connectivity index (χ3v) is 4.37. The number of aliphatic hydroxyl groups is 2. The van der Waals surface area contributed by atoms with Crippen molar-refractivity contribution in [1.82, 2.24) is 15.0 Å². The van der Waals surface area contributed by atoms with Gasteiger partial charge in [-0.1, -0.05) is 6.07 Å². The molecule has 0 spiro atoms. The summed E-state index contributed by atoms with van der Waals surface area (Å²) in [5, 5.41) is 22.8. The quantitative estimate of drug-likeness (QED) is 0.557. The van der Waals surface area contributed by atoms with Crippen LogP contribution in [0.2, 0.25) is 0 Å². The summed E-state index contributed by atoms with van der Waals surface area (Å²) in [6.07, 6.45) is 4.91. The van der Waals surface area contributed by atoms with Gasteiger partial charge in [-0.05, 0) is 34.1 Å². The Labute approximate surface area is 153 Å². The second kappa shape index (κ2) is 8.19. The van der Waals surface area contributed by atoms with Gasteiger partial charge in [-0.3, -0.25) is 4.98 Å². The first-order chi connectivity index (χ1) is 12.2. The molecule has 3 N–H and O–H groups in total. The van der Waals surface area contributed by atoms with Crippen molar-refractivity contribution in [3.8, 4) is 0 Å². The van der Waals surface area contributed by atoms with E-state index < -0.39 is 0 Å². The summed E-state index contributed by atoms with van der Waals surface area (Å²) in [6.45, 7) is 0.788. The molecule has 0 aliphatic heterocycles. The maximum atomic E-state index is 9.35. The van der Waals surface area contributed by atoms with Crippen molar-refractivity contribution in [2.75, 3.05) is 36.5 Å². The van der Waals surface area contributed by atoms with E-state index in [0.29, 0.717) is 18.9 Å². The number of aliphatic hydroxyl groups excluding tert-OH is 2. The van der Waals surface area contributed by atoms with Gasteiger partial charge in [0.15, 0.2) is 0 Å². The van der Waals surface area contributed by atoms with Gasteiger partial charge < -0.3 is 20.4 Å². The lowest BCUT2D eigenvalue weighted by atomic mass is 10.2. The van der Waals surface area contributed by atoms with Gasteiger partial charge in [0.1, 0.15) is 12.1 Å². The Hall–Kier alpha value is -2.29. The SMILES string of the molecule is OCCN(CCO)c1c(Br)cccc1Nc1ncnc2ccncc12. The number of aromatic nitrogens is 3. The van der Waals surface area contributed by atoms with Gasteiger partial charge in [0.05, 0.1) is 35.5 Å². The van der Waals surface area contributed by atoms with E-state index in [0.717, 1.165) is 26.8 Å². The predicted octanol–water partition coefficient (Wildman–Crippen LogP) is 2.32. The second-order valence-corrected chi connectivity index (χ2v) is 6.16. The normalized spacial score (nSPS) is 10.8. The molecule has 0 saturated carbocycles. The fourth-order valence-corrected chi connectivity index (χ4v) is 3.26. The Kier molecular flexibility index (Phi) is 5.75. The topological polar surface area (TPSA) is 94.4 Å². The van der Waals surface area contributed by atoms with E-state index in [1.165, 1.54) is 6.33 Å². The monoisotopic (exact) mass is 403 g/mol. The van der Waals surface area contributed by atoms with Crippen LogP contribution in [0.15, 0.2) is 47.5 Å². The van der Waals surface area contributed by atoms with Gasteiger partial charge in [0, 0.05) is 30.0 Å². The van der Waals surface area contributed by atoms with Gasteiger partial charge in [-0.2, -0.15) is 0 Å². The molecular weight excluding hydrogens is 386 g/mol. The van der Waals surface area contributed by atoms with Crippen LogP contribution >= 0.6 is 15.9 Å². The Morgan fingerprint density at radius 3 is 2.64 bits per heavy atom. The zero-order chi connectivity index (χ0) is 17.6. The molecule has 0 fully saturated rings. The number of pyridine rings is 1. The van der Waals surface area contributed by atoms with Crippen molar-refractivity contribution in [3.63, 3.8) is 0 Å². The number of rotatable bonds is 7. The summed E-state index contributed by atoms with van der Waals surface area (Å²) in [5.74, 6) is 0.644. The minimum absolute atomic E-state index is 0.0128. The average molecular weight is 404 g/mol. The van der Waals surface area contributed by atoms with Gasteiger partial charge >= 0.3 is 0 Å². The van der Waals surface area contributed by atoms with Crippen molar-refractivity contribution >= 4 is 44.0 Å². The highest BCUT2D eigenvalue weighted by Crippen LogP contribution is 2.36. The van der Waals surface area contributed by atoms with Crippen molar-refractivity contribution in [2.24, 2.45) is 0 Å². The number of nitrogens with one attached hydrogen (secondary N) is 1. The molecule has 0 atom stereocenters. The lowest BCUT2D eigenvalue weighted by molar-refractivity contribution is 0.281. The number of halogens is 1. The number of nitrogens with zero attached hydrogens (tertiary/aromatic N) is 4. The number of para-hydroxylation sites is 1. The van der Waals surface area contributed by atoms with Crippen LogP contribution in [0.1, 0.15) is 0 Å². The molecular formula is C17H18BrN5O2. The fraction of sp³-hybridized carbons (Fsp3) is 0.235. The third-order valence-electron chi connectivity index (χ3n) is 3.73. The molecule has 130 valence electrons. The highest BCUT2D eigenvalue weighted by atomic mass is 79.9. The van der Waals surface area contributed by atoms with Crippen molar-refractivity contribution in [1.29, 1.82) is 0 Å². The van der Waals surface area contributed by atoms with Crippen LogP contribution in [0.25, 0.3) is 10.9 Å². The van der Waals surface area contributed by atoms with Gasteiger partial charge in [0.2, 0.25) is 0 Å². The summed E-state index contributed by atoms with van der Waals surface area (Å²) in [5.41, 5.74) is 2.45. The maximum Gasteiger partial charge on any atom is 0.143 e. The first kappa shape index (κ1) is 17.5. The molecule has 1 aromatic carbocycles. The standard InChI is InChI=1S/C17H18BrN5O2/c18-13-2-1-3-15(16(13)23(6-8-24)7-9-25)22-17-12-10-19-5-4-14(12)20-11-21-17/h1-5,10-11,24-25H,6-9H2,(H,20,21,22). The van der Waals surface area contributed by atoms with Gasteiger partial charge in [-0.15, -0.1) is 0 Å². The summed E-state index contributed by atoms with van der Waals surface area (Å²) in [4.78, 5) is 14.6. The van der Waals surface area contributed by atoms with E-state index in [4.69, 9.17) is 0 Å². The Morgan fingerprint density at radius 2 is 1.88 bits per heavy atom. The Balaban J connectivity index is 2.04. The molecule has 2 heterocycles. The minimum atomic E-state index is -0.0128. The lowest BCUT2D eigenvalue weighted by Gasteiger charge is -2.27. The maximum absolute atomic E-state index is 9.35. The molecule has 7 nitrogen and oxygen atoms in total. The molecule has 2 aromatic heterocycles. The molecule has 0 aliphatic carbocycles. The van der Waals surface area contributed by atoms with Crippen LogP contribution in [0.4, 0.5) is 17.2 Å². The molecule has 25 heavy (non-hydrogen) atoms. The number of benzene rings is 1. The highest BCUT2D eigenvalue weighted by Gasteiger charge is 2.15. The van der Waals surface area contributed by atoms with Gasteiger partial charge in [-0.25, -0.2) is 9.97 Å². The van der Waals surface area contributed by atoms with E-state index in [9.17, 15) is 10.2 Å². The van der Waals surface area contributed by atoms with E-state index in [-0.39, 0.29) is 13.2 Å². The average Bonchev–Trinajstić information content (AvgIpc) is 2.62. The summed E-state index contributed by atoms with van der Waals surface area (Å²) in [6, 6.07) is 7.58. The van der Waals surface area contributed by atoms with Gasteiger partial charge in [0.25, 0.3) is 0 Å². The first-order valence-electron chi connectivity index (χ1n) is 7.81. The molecule has 3 rings (SSSR count).